The van der Waals surface area contributed by atoms with Gasteiger partial charge in [0.25, 0.3) is 0 Å². The third-order valence-electron chi connectivity index (χ3n) is 7.52. The Morgan fingerprint density at radius 3 is 2.58 bits per heavy atom. The number of fused-ring (bicyclic) bond motifs is 1. The van der Waals surface area contributed by atoms with Gasteiger partial charge in [-0.1, -0.05) is 25.3 Å². The Morgan fingerprint density at radius 2 is 1.87 bits per heavy atom. The molecule has 4 rings (SSSR count). The molecule has 0 radical (unpaired) electrons. The number of nitrogens with one attached hydrogen (secondary N) is 1. The number of rotatable bonds is 5. The second-order valence-electron chi connectivity index (χ2n) is 9.27. The van der Waals surface area contributed by atoms with Crippen LogP contribution in [0.25, 0.3) is 0 Å². The Labute approximate surface area is 192 Å². The van der Waals surface area contributed by atoms with Crippen LogP contribution < -0.4 is 10.2 Å². The highest BCUT2D eigenvalue weighted by molar-refractivity contribution is 5.96. The number of nitrogens with zero attached hydrogens (tertiary/aromatic N) is 2. The van der Waals surface area contributed by atoms with Crippen LogP contribution in [0.5, 0.6) is 0 Å². The average molecular weight is 450 g/mol. The van der Waals surface area contributed by atoms with E-state index in [-0.39, 0.29) is 29.9 Å². The monoisotopic (exact) mass is 449 g/mol. The minimum absolute atomic E-state index is 0. The molecule has 1 saturated carbocycles. The number of halogens is 1. The maximum absolute atomic E-state index is 13.1. The molecule has 7 heteroatoms. The van der Waals surface area contributed by atoms with Gasteiger partial charge in [0.15, 0.2) is 0 Å². The molecular formula is C24H36ClN3O3. The van der Waals surface area contributed by atoms with E-state index in [0.29, 0.717) is 25.3 Å². The van der Waals surface area contributed by atoms with E-state index in [1.54, 1.807) is 0 Å². The molecule has 1 unspecified atom stereocenters. The number of urea groups is 1. The van der Waals surface area contributed by atoms with Crippen LogP contribution in [-0.2, 0) is 22.4 Å². The molecule has 31 heavy (non-hydrogen) atoms. The lowest BCUT2D eigenvalue weighted by Crippen LogP contribution is -2.54. The lowest BCUT2D eigenvalue weighted by molar-refractivity contribution is -0.141. The molecule has 3 aliphatic rings. The zero-order valence-electron chi connectivity index (χ0n) is 18.8. The Balaban J connectivity index is 0.00000272. The third kappa shape index (κ3) is 4.85. The van der Waals surface area contributed by atoms with Crippen LogP contribution in [0.15, 0.2) is 18.2 Å². The molecule has 2 fully saturated rings. The Hall–Kier alpha value is -1.79. The van der Waals surface area contributed by atoms with Gasteiger partial charge in [0.2, 0.25) is 0 Å². The third-order valence-corrected chi connectivity index (χ3v) is 7.52. The summed E-state index contributed by atoms with van der Waals surface area (Å²) in [6.45, 7) is 2.72. The second kappa shape index (κ2) is 10.2. The highest BCUT2D eigenvalue weighted by atomic mass is 35.5. The minimum Gasteiger partial charge on any atom is -0.469 e. The van der Waals surface area contributed by atoms with E-state index in [4.69, 9.17) is 4.74 Å². The van der Waals surface area contributed by atoms with Gasteiger partial charge in [0.1, 0.15) is 0 Å². The molecule has 2 aliphatic heterocycles. The maximum Gasteiger partial charge on any atom is 0.322 e. The number of hydrogen-bond donors (Lipinski definition) is 1. The molecule has 1 atom stereocenters. The number of esters is 1. The summed E-state index contributed by atoms with van der Waals surface area (Å²) in [5.74, 6) is 0.203. The zero-order chi connectivity index (χ0) is 21.1. The minimum atomic E-state index is -0.360. The van der Waals surface area contributed by atoms with Crippen molar-refractivity contribution in [3.8, 4) is 0 Å². The zero-order valence-corrected chi connectivity index (χ0v) is 19.6. The summed E-state index contributed by atoms with van der Waals surface area (Å²) in [5, 5.41) is 3.12. The van der Waals surface area contributed by atoms with Gasteiger partial charge in [-0.2, -0.15) is 0 Å². The number of hydrogen-bond acceptors (Lipinski definition) is 4. The van der Waals surface area contributed by atoms with Gasteiger partial charge in [-0.3, -0.25) is 9.69 Å². The van der Waals surface area contributed by atoms with Crippen molar-refractivity contribution in [2.24, 2.45) is 5.92 Å². The first kappa shape index (κ1) is 23.9. The molecule has 172 valence electrons. The predicted octanol–water partition coefficient (Wildman–Crippen LogP) is 3.94. The van der Waals surface area contributed by atoms with E-state index in [1.807, 2.05) is 4.90 Å². The number of amides is 2. The van der Waals surface area contributed by atoms with E-state index in [9.17, 15) is 9.59 Å². The van der Waals surface area contributed by atoms with Gasteiger partial charge in [-0.15, -0.1) is 12.4 Å². The van der Waals surface area contributed by atoms with Crippen molar-refractivity contribution in [3.63, 3.8) is 0 Å². The number of likely N-dealkylation sites (N-methyl/N-ethyl adjacent to an activating group) is 1. The molecule has 1 saturated heterocycles. The van der Waals surface area contributed by atoms with Crippen LogP contribution in [0.2, 0.25) is 0 Å². The molecule has 6 nitrogen and oxygen atoms in total. The highest BCUT2D eigenvalue weighted by Gasteiger charge is 2.51. The smallest absolute Gasteiger partial charge is 0.322 e. The Kier molecular flexibility index (Phi) is 7.87. The fourth-order valence-corrected chi connectivity index (χ4v) is 5.72. The van der Waals surface area contributed by atoms with Crippen molar-refractivity contribution in [3.05, 3.63) is 29.3 Å². The summed E-state index contributed by atoms with van der Waals surface area (Å²) in [7, 11) is 3.61. The number of carbonyl (C=O) groups excluding carboxylic acids is 2. The van der Waals surface area contributed by atoms with Crippen LogP contribution in [0.4, 0.5) is 10.5 Å². The second-order valence-corrected chi connectivity index (χ2v) is 9.27. The van der Waals surface area contributed by atoms with Gasteiger partial charge in [0.05, 0.1) is 12.6 Å². The summed E-state index contributed by atoms with van der Waals surface area (Å²) < 4.78 is 4.94. The molecule has 0 bridgehead atoms. The van der Waals surface area contributed by atoms with Gasteiger partial charge in [-0.25, -0.2) is 4.79 Å². The van der Waals surface area contributed by atoms with Gasteiger partial charge < -0.3 is 15.0 Å². The average Bonchev–Trinajstić information content (AvgIpc) is 3.00. The van der Waals surface area contributed by atoms with Crippen LogP contribution in [0.3, 0.4) is 0 Å². The van der Waals surface area contributed by atoms with Crippen LogP contribution in [-0.4, -0.2) is 56.2 Å². The molecule has 1 aromatic carbocycles. The summed E-state index contributed by atoms with van der Waals surface area (Å²) >= 11 is 0. The highest BCUT2D eigenvalue weighted by Crippen LogP contribution is 2.44. The van der Waals surface area contributed by atoms with Crippen molar-refractivity contribution >= 4 is 30.1 Å². The molecule has 0 aromatic heterocycles. The van der Waals surface area contributed by atoms with Crippen LogP contribution in [0, 0.1) is 5.92 Å². The number of ether oxygens (including phenoxy) is 1. The standard InChI is InChI=1S/C24H35N3O3.ClH/c1-26-14-11-18-8-9-21(16-19(18)12-15-26)27-23(29)25-17-24(27,13-10-22(28)30-2)20-6-4-3-5-7-20;/h8-9,16,20H,3-7,10-15,17H2,1-2H3,(H,25,29);1H. The molecule has 2 amide bonds. The summed E-state index contributed by atoms with van der Waals surface area (Å²) in [6.07, 6.45) is 8.92. The Morgan fingerprint density at radius 1 is 1.16 bits per heavy atom. The Bertz CT molecular complexity index is 796. The van der Waals surface area contributed by atoms with Crippen molar-refractivity contribution in [2.45, 2.75) is 63.3 Å². The lowest BCUT2D eigenvalue weighted by atomic mass is 9.71. The lowest BCUT2D eigenvalue weighted by Gasteiger charge is -2.45. The van der Waals surface area contributed by atoms with Gasteiger partial charge in [0, 0.05) is 31.7 Å². The van der Waals surface area contributed by atoms with Crippen molar-refractivity contribution in [2.75, 3.05) is 38.7 Å². The van der Waals surface area contributed by atoms with Crippen molar-refractivity contribution in [1.29, 1.82) is 0 Å². The van der Waals surface area contributed by atoms with Crippen LogP contribution >= 0.6 is 12.4 Å². The largest absolute Gasteiger partial charge is 0.469 e. The molecule has 0 spiro atoms. The first-order valence-corrected chi connectivity index (χ1v) is 11.5. The normalized spacial score (nSPS) is 24.7. The topological polar surface area (TPSA) is 61.9 Å². The first-order valence-electron chi connectivity index (χ1n) is 11.5. The predicted molar refractivity (Wildman–Crippen MR) is 125 cm³/mol. The summed E-state index contributed by atoms with van der Waals surface area (Å²) in [6, 6.07) is 6.53. The number of methoxy groups -OCH3 is 1. The van der Waals surface area contributed by atoms with Crippen LogP contribution in [0.1, 0.15) is 56.1 Å². The quantitative estimate of drug-likeness (QED) is 0.691. The number of benzene rings is 1. The molecule has 1 aliphatic carbocycles. The fraction of sp³-hybridized carbons (Fsp3) is 0.667. The number of anilines is 1. The van der Waals surface area contributed by atoms with Gasteiger partial charge >= 0.3 is 12.0 Å². The molecule has 1 N–H and O–H groups in total. The van der Waals surface area contributed by atoms with Crippen molar-refractivity contribution in [1.82, 2.24) is 10.2 Å². The first-order chi connectivity index (χ1) is 14.5. The van der Waals surface area contributed by atoms with Gasteiger partial charge in [-0.05, 0) is 68.3 Å². The fourth-order valence-electron chi connectivity index (χ4n) is 5.72. The molecular weight excluding hydrogens is 414 g/mol. The van der Waals surface area contributed by atoms with E-state index in [2.05, 4.69) is 35.5 Å². The summed E-state index contributed by atoms with van der Waals surface area (Å²) in [4.78, 5) is 29.5. The molecule has 1 aromatic rings. The maximum atomic E-state index is 13.1. The summed E-state index contributed by atoms with van der Waals surface area (Å²) in [5.41, 5.74) is 3.35. The number of carbonyl (C=O) groups is 2. The van der Waals surface area contributed by atoms with E-state index < -0.39 is 0 Å². The molecule has 2 heterocycles. The SMILES string of the molecule is COC(=O)CCC1(C2CCCCC2)CNC(=O)N1c1ccc2c(c1)CCN(C)CC2.Cl. The van der Waals surface area contributed by atoms with E-state index in [0.717, 1.165) is 44.5 Å². The van der Waals surface area contributed by atoms with Crippen molar-refractivity contribution < 1.29 is 14.3 Å². The van der Waals surface area contributed by atoms with E-state index in [1.165, 1.54) is 37.5 Å². The van der Waals surface area contributed by atoms with E-state index >= 15 is 0 Å².